The highest BCUT2D eigenvalue weighted by Crippen LogP contribution is 2.42. The van der Waals surface area contributed by atoms with Gasteiger partial charge in [0, 0.05) is 49.7 Å². The molecule has 2 atom stereocenters. The molecule has 4 nitrogen and oxygen atoms in total. The Hall–Kier alpha value is -1.10. The third-order valence-corrected chi connectivity index (χ3v) is 7.17. The summed E-state index contributed by atoms with van der Waals surface area (Å²) in [4.78, 5) is 17.6. The molecule has 2 N–H and O–H groups in total. The van der Waals surface area contributed by atoms with Crippen LogP contribution in [0.3, 0.4) is 0 Å². The molecule has 3 aliphatic rings. The number of amides is 1. The SMILES string of the molecule is NC1C2CCCC1CC(C(=O)N1CCN(Cc3ccccc3Cl)CC1)C2. The lowest BCUT2D eigenvalue weighted by atomic mass is 9.65. The summed E-state index contributed by atoms with van der Waals surface area (Å²) in [5.41, 5.74) is 7.56. The van der Waals surface area contributed by atoms with Gasteiger partial charge in [-0.25, -0.2) is 0 Å². The molecule has 1 saturated heterocycles. The van der Waals surface area contributed by atoms with Gasteiger partial charge in [-0.3, -0.25) is 9.69 Å². The number of piperazine rings is 1. The van der Waals surface area contributed by atoms with Gasteiger partial charge < -0.3 is 10.6 Å². The molecule has 26 heavy (non-hydrogen) atoms. The number of nitrogens with zero attached hydrogens (tertiary/aromatic N) is 2. The van der Waals surface area contributed by atoms with Gasteiger partial charge in [0.05, 0.1) is 0 Å². The van der Waals surface area contributed by atoms with Gasteiger partial charge in [0.2, 0.25) is 5.91 Å². The summed E-state index contributed by atoms with van der Waals surface area (Å²) in [5, 5.41) is 0.830. The maximum absolute atomic E-state index is 13.1. The fraction of sp³-hybridized carbons (Fsp3) is 0.667. The van der Waals surface area contributed by atoms with Crippen molar-refractivity contribution in [3.63, 3.8) is 0 Å². The normalized spacial score (nSPS) is 32.5. The fourth-order valence-corrected chi connectivity index (χ4v) is 5.44. The van der Waals surface area contributed by atoms with E-state index in [0.29, 0.717) is 23.8 Å². The molecule has 2 saturated carbocycles. The van der Waals surface area contributed by atoms with E-state index in [1.54, 1.807) is 0 Å². The Morgan fingerprint density at radius 3 is 2.38 bits per heavy atom. The predicted molar refractivity (Wildman–Crippen MR) is 105 cm³/mol. The quantitative estimate of drug-likeness (QED) is 0.882. The number of halogens is 1. The van der Waals surface area contributed by atoms with Gasteiger partial charge in [0.15, 0.2) is 0 Å². The van der Waals surface area contributed by atoms with Crippen LogP contribution in [0.1, 0.15) is 37.7 Å². The van der Waals surface area contributed by atoms with Crippen LogP contribution in [-0.4, -0.2) is 47.9 Å². The van der Waals surface area contributed by atoms with Gasteiger partial charge in [-0.2, -0.15) is 0 Å². The first-order chi connectivity index (χ1) is 12.6. The first-order valence-electron chi connectivity index (χ1n) is 10.1. The predicted octanol–water partition coefficient (Wildman–Crippen LogP) is 3.14. The molecule has 2 aliphatic carbocycles. The highest BCUT2D eigenvalue weighted by molar-refractivity contribution is 6.31. The number of nitrogens with two attached hydrogens (primary N) is 1. The van der Waals surface area contributed by atoms with E-state index in [1.165, 1.54) is 24.8 Å². The van der Waals surface area contributed by atoms with Crippen LogP contribution in [0.15, 0.2) is 24.3 Å². The Bertz CT molecular complexity index is 630. The molecular formula is C21H30ClN3O. The number of carbonyl (C=O) groups is 1. The molecule has 1 aromatic rings. The zero-order valence-electron chi connectivity index (χ0n) is 15.4. The number of carbonyl (C=O) groups excluding carboxylic acids is 1. The third-order valence-electron chi connectivity index (χ3n) is 6.80. The van der Waals surface area contributed by atoms with Crippen molar-refractivity contribution >= 4 is 17.5 Å². The van der Waals surface area contributed by atoms with Crippen molar-refractivity contribution in [2.24, 2.45) is 23.5 Å². The zero-order valence-corrected chi connectivity index (χ0v) is 16.2. The van der Waals surface area contributed by atoms with Crippen molar-refractivity contribution in [2.45, 2.75) is 44.7 Å². The first kappa shape index (κ1) is 18.3. The maximum atomic E-state index is 13.1. The van der Waals surface area contributed by atoms with E-state index in [4.69, 9.17) is 17.3 Å². The van der Waals surface area contributed by atoms with Crippen LogP contribution < -0.4 is 5.73 Å². The highest BCUT2D eigenvalue weighted by atomic mass is 35.5. The van der Waals surface area contributed by atoms with Crippen LogP contribution in [0, 0.1) is 17.8 Å². The minimum Gasteiger partial charge on any atom is -0.340 e. The van der Waals surface area contributed by atoms with E-state index in [0.717, 1.165) is 50.6 Å². The standard InChI is InChI=1S/C21H30ClN3O/c22-19-7-2-1-4-17(19)14-24-8-10-25(11-9-24)21(26)18-12-15-5-3-6-16(13-18)20(15)23/h1-2,4,7,15-16,18,20H,3,5-6,8-14,23H2. The second-order valence-electron chi connectivity index (χ2n) is 8.39. The van der Waals surface area contributed by atoms with Crippen molar-refractivity contribution in [3.05, 3.63) is 34.9 Å². The minimum absolute atomic E-state index is 0.209. The van der Waals surface area contributed by atoms with Crippen LogP contribution in [0.2, 0.25) is 5.02 Å². The molecule has 2 unspecified atom stereocenters. The second-order valence-corrected chi connectivity index (χ2v) is 8.80. The summed E-state index contributed by atoms with van der Waals surface area (Å²) >= 11 is 6.28. The van der Waals surface area contributed by atoms with Gasteiger partial charge in [0.25, 0.3) is 0 Å². The molecule has 4 rings (SSSR count). The summed E-state index contributed by atoms with van der Waals surface area (Å²) in [6, 6.07) is 8.37. The Balaban J connectivity index is 1.30. The van der Waals surface area contributed by atoms with Crippen molar-refractivity contribution in [1.82, 2.24) is 9.80 Å². The summed E-state index contributed by atoms with van der Waals surface area (Å²) in [7, 11) is 0. The van der Waals surface area contributed by atoms with Crippen molar-refractivity contribution < 1.29 is 4.79 Å². The van der Waals surface area contributed by atoms with Crippen LogP contribution in [0.5, 0.6) is 0 Å². The highest BCUT2D eigenvalue weighted by Gasteiger charge is 2.41. The first-order valence-corrected chi connectivity index (χ1v) is 10.5. The van der Waals surface area contributed by atoms with E-state index < -0.39 is 0 Å². The average Bonchev–Trinajstić information content (AvgIpc) is 2.63. The Labute approximate surface area is 161 Å². The molecular weight excluding hydrogens is 346 g/mol. The van der Waals surface area contributed by atoms with Gasteiger partial charge in [0.1, 0.15) is 0 Å². The van der Waals surface area contributed by atoms with Crippen LogP contribution in [-0.2, 0) is 11.3 Å². The van der Waals surface area contributed by atoms with E-state index in [2.05, 4.69) is 15.9 Å². The Kier molecular flexibility index (Phi) is 5.53. The van der Waals surface area contributed by atoms with Crippen molar-refractivity contribution in [2.75, 3.05) is 26.2 Å². The molecule has 1 aromatic carbocycles. The largest absolute Gasteiger partial charge is 0.340 e. The molecule has 1 amide bonds. The van der Waals surface area contributed by atoms with Gasteiger partial charge in [-0.15, -0.1) is 0 Å². The zero-order chi connectivity index (χ0) is 18.1. The lowest BCUT2D eigenvalue weighted by Gasteiger charge is -2.45. The number of rotatable bonds is 3. The molecule has 0 radical (unpaired) electrons. The molecule has 0 aromatic heterocycles. The van der Waals surface area contributed by atoms with Crippen molar-refractivity contribution in [3.8, 4) is 0 Å². The number of hydrogen-bond donors (Lipinski definition) is 1. The second kappa shape index (κ2) is 7.87. The van der Waals surface area contributed by atoms with Crippen LogP contribution in [0.4, 0.5) is 0 Å². The molecule has 0 spiro atoms. The lowest BCUT2D eigenvalue weighted by molar-refractivity contribution is -0.140. The van der Waals surface area contributed by atoms with E-state index >= 15 is 0 Å². The third kappa shape index (κ3) is 3.78. The van der Waals surface area contributed by atoms with Crippen LogP contribution in [0.25, 0.3) is 0 Å². The number of benzene rings is 1. The Morgan fingerprint density at radius 1 is 1.08 bits per heavy atom. The van der Waals surface area contributed by atoms with Crippen molar-refractivity contribution in [1.29, 1.82) is 0 Å². The van der Waals surface area contributed by atoms with Gasteiger partial charge in [-0.05, 0) is 49.1 Å². The summed E-state index contributed by atoms with van der Waals surface area (Å²) in [5.74, 6) is 1.72. The smallest absolute Gasteiger partial charge is 0.225 e. The Morgan fingerprint density at radius 2 is 1.73 bits per heavy atom. The van der Waals surface area contributed by atoms with E-state index in [9.17, 15) is 4.79 Å². The molecule has 5 heteroatoms. The van der Waals surface area contributed by atoms with E-state index in [-0.39, 0.29) is 5.92 Å². The van der Waals surface area contributed by atoms with E-state index in [1.807, 2.05) is 18.2 Å². The maximum Gasteiger partial charge on any atom is 0.225 e. The lowest BCUT2D eigenvalue weighted by Crippen LogP contribution is -2.53. The molecule has 3 fully saturated rings. The number of fused-ring (bicyclic) bond motifs is 2. The fourth-order valence-electron chi connectivity index (χ4n) is 5.24. The number of hydrogen-bond acceptors (Lipinski definition) is 3. The van der Waals surface area contributed by atoms with Gasteiger partial charge in [-0.1, -0.05) is 36.2 Å². The summed E-state index contributed by atoms with van der Waals surface area (Å²) in [6.45, 7) is 4.39. The van der Waals surface area contributed by atoms with Crippen LogP contribution >= 0.6 is 11.6 Å². The minimum atomic E-state index is 0.209. The molecule has 1 aliphatic heterocycles. The summed E-state index contributed by atoms with van der Waals surface area (Å²) < 4.78 is 0. The molecule has 142 valence electrons. The molecule has 2 bridgehead atoms. The monoisotopic (exact) mass is 375 g/mol. The summed E-state index contributed by atoms with van der Waals surface area (Å²) in [6.07, 6.45) is 5.75. The molecule has 1 heterocycles. The topological polar surface area (TPSA) is 49.6 Å². The van der Waals surface area contributed by atoms with Gasteiger partial charge >= 0.3 is 0 Å². The average molecular weight is 376 g/mol.